The van der Waals surface area contributed by atoms with Crippen LogP contribution in [-0.4, -0.2) is 44.4 Å². The Hall–Kier alpha value is -1.95. The quantitative estimate of drug-likeness (QED) is 0.877. The van der Waals surface area contributed by atoms with Gasteiger partial charge < -0.3 is 15.6 Å². The summed E-state index contributed by atoms with van der Waals surface area (Å²) in [7, 11) is 0. The molecule has 2 aromatic rings. The maximum Gasteiger partial charge on any atom is 0.273 e. The van der Waals surface area contributed by atoms with Crippen molar-refractivity contribution in [1.29, 1.82) is 0 Å². The third-order valence-electron chi connectivity index (χ3n) is 4.42. The number of hydrogen-bond donors (Lipinski definition) is 2. The van der Waals surface area contributed by atoms with E-state index in [1.54, 1.807) is 6.20 Å². The van der Waals surface area contributed by atoms with Crippen molar-refractivity contribution < 1.29 is 4.79 Å². The van der Waals surface area contributed by atoms with Gasteiger partial charge in [0.2, 0.25) is 0 Å². The summed E-state index contributed by atoms with van der Waals surface area (Å²) in [4.78, 5) is 26.2. The number of amides is 1. The number of rotatable bonds is 2. The number of aromatic amines is 1. The fourth-order valence-electron chi connectivity index (χ4n) is 3.48. The van der Waals surface area contributed by atoms with Crippen LogP contribution in [-0.2, 0) is 0 Å². The molecule has 0 aromatic carbocycles. The van der Waals surface area contributed by atoms with E-state index in [-0.39, 0.29) is 18.0 Å². The molecule has 1 aliphatic heterocycles. The molecule has 0 bridgehead atoms. The van der Waals surface area contributed by atoms with E-state index < -0.39 is 0 Å². The third kappa shape index (κ3) is 2.40. The van der Waals surface area contributed by atoms with E-state index in [4.69, 9.17) is 5.73 Å². The Bertz CT molecular complexity index is 640. The van der Waals surface area contributed by atoms with Crippen LogP contribution in [0.5, 0.6) is 0 Å². The Labute approximate surface area is 123 Å². The molecule has 0 spiro atoms. The van der Waals surface area contributed by atoms with Gasteiger partial charge in [-0.2, -0.15) is 0 Å². The fourth-order valence-corrected chi connectivity index (χ4v) is 3.48. The number of nitrogens with zero attached hydrogens (tertiary/aromatic N) is 3. The highest BCUT2D eigenvalue weighted by molar-refractivity contribution is 6.03. The molecule has 0 saturated carbocycles. The van der Waals surface area contributed by atoms with Gasteiger partial charge >= 0.3 is 0 Å². The van der Waals surface area contributed by atoms with Gasteiger partial charge in [0.05, 0.1) is 5.39 Å². The van der Waals surface area contributed by atoms with Crippen LogP contribution in [0.1, 0.15) is 37.2 Å². The summed E-state index contributed by atoms with van der Waals surface area (Å²) in [6.45, 7) is 4.86. The van der Waals surface area contributed by atoms with Gasteiger partial charge in [0, 0.05) is 18.3 Å². The van der Waals surface area contributed by atoms with Crippen LogP contribution in [0.25, 0.3) is 11.0 Å². The standard InChI is InChI=1S/C15H21N5O/c1-9-5-11(7-16)6-10(2)20(9)15(21)13-12-3-4-17-14(12)19-8-18-13/h3-4,8-11H,5-7,16H2,1-2H3,(H,17,18,19). The lowest BCUT2D eigenvalue weighted by atomic mass is 9.87. The lowest BCUT2D eigenvalue weighted by Gasteiger charge is -2.42. The minimum Gasteiger partial charge on any atom is -0.346 e. The van der Waals surface area contributed by atoms with E-state index in [2.05, 4.69) is 28.8 Å². The summed E-state index contributed by atoms with van der Waals surface area (Å²) in [6.07, 6.45) is 5.12. The van der Waals surface area contributed by atoms with Crippen LogP contribution in [0.3, 0.4) is 0 Å². The Morgan fingerprint density at radius 1 is 1.38 bits per heavy atom. The number of carbonyl (C=O) groups excluding carboxylic acids is 1. The van der Waals surface area contributed by atoms with Crippen molar-refractivity contribution in [3.8, 4) is 0 Å². The molecular weight excluding hydrogens is 266 g/mol. The van der Waals surface area contributed by atoms with Crippen LogP contribution in [0.15, 0.2) is 18.6 Å². The number of likely N-dealkylation sites (tertiary alicyclic amines) is 1. The highest BCUT2D eigenvalue weighted by Crippen LogP contribution is 2.29. The molecule has 0 aliphatic carbocycles. The Balaban J connectivity index is 1.93. The number of aromatic nitrogens is 3. The molecule has 1 fully saturated rings. The second-order valence-electron chi connectivity index (χ2n) is 5.95. The van der Waals surface area contributed by atoms with Crippen molar-refractivity contribution in [3.05, 3.63) is 24.3 Å². The first-order chi connectivity index (χ1) is 10.1. The van der Waals surface area contributed by atoms with Crippen LogP contribution >= 0.6 is 0 Å². The van der Waals surface area contributed by atoms with Gasteiger partial charge in [0.15, 0.2) is 0 Å². The molecule has 112 valence electrons. The van der Waals surface area contributed by atoms with Crippen molar-refractivity contribution in [2.24, 2.45) is 11.7 Å². The number of fused-ring (bicyclic) bond motifs is 1. The van der Waals surface area contributed by atoms with Gasteiger partial charge in [0.1, 0.15) is 17.7 Å². The van der Waals surface area contributed by atoms with E-state index in [0.29, 0.717) is 23.8 Å². The average molecular weight is 287 g/mol. The molecule has 2 atom stereocenters. The smallest absolute Gasteiger partial charge is 0.273 e. The van der Waals surface area contributed by atoms with Crippen LogP contribution in [0.2, 0.25) is 0 Å². The van der Waals surface area contributed by atoms with Gasteiger partial charge in [-0.15, -0.1) is 0 Å². The predicted octanol–water partition coefficient (Wildman–Crippen LogP) is 1.55. The van der Waals surface area contributed by atoms with Crippen molar-refractivity contribution in [1.82, 2.24) is 19.9 Å². The number of H-pyrrole nitrogens is 1. The molecule has 6 nitrogen and oxygen atoms in total. The average Bonchev–Trinajstić information content (AvgIpc) is 2.94. The van der Waals surface area contributed by atoms with E-state index in [1.807, 2.05) is 11.0 Å². The first-order valence-electron chi connectivity index (χ1n) is 7.42. The SMILES string of the molecule is CC1CC(CN)CC(C)N1C(=O)c1ncnc2[nH]ccc12. The Morgan fingerprint density at radius 2 is 2.10 bits per heavy atom. The minimum atomic E-state index is -0.0162. The summed E-state index contributed by atoms with van der Waals surface area (Å²) in [6, 6.07) is 2.21. The largest absolute Gasteiger partial charge is 0.346 e. The Kier molecular flexibility index (Phi) is 3.63. The molecule has 3 rings (SSSR count). The molecule has 2 aromatic heterocycles. The van der Waals surface area contributed by atoms with Crippen LogP contribution < -0.4 is 5.73 Å². The van der Waals surface area contributed by atoms with Crippen LogP contribution in [0, 0.1) is 5.92 Å². The van der Waals surface area contributed by atoms with Gasteiger partial charge in [0.25, 0.3) is 5.91 Å². The van der Waals surface area contributed by atoms with E-state index in [1.165, 1.54) is 6.33 Å². The molecule has 3 heterocycles. The second kappa shape index (κ2) is 5.44. The molecule has 2 unspecified atom stereocenters. The summed E-state index contributed by atoms with van der Waals surface area (Å²) >= 11 is 0. The van der Waals surface area contributed by atoms with Crippen molar-refractivity contribution in [3.63, 3.8) is 0 Å². The third-order valence-corrected chi connectivity index (χ3v) is 4.42. The highest BCUT2D eigenvalue weighted by Gasteiger charge is 2.35. The van der Waals surface area contributed by atoms with E-state index in [9.17, 15) is 4.79 Å². The molecule has 1 aliphatic rings. The molecule has 3 N–H and O–H groups in total. The number of piperidine rings is 1. The van der Waals surface area contributed by atoms with Gasteiger partial charge in [-0.1, -0.05) is 0 Å². The topological polar surface area (TPSA) is 87.9 Å². The molecular formula is C15H21N5O. The molecule has 21 heavy (non-hydrogen) atoms. The van der Waals surface area contributed by atoms with Gasteiger partial charge in [-0.25, -0.2) is 9.97 Å². The lowest BCUT2D eigenvalue weighted by molar-refractivity contribution is 0.0420. The number of hydrogen-bond acceptors (Lipinski definition) is 4. The van der Waals surface area contributed by atoms with Gasteiger partial charge in [-0.05, 0) is 45.2 Å². The number of nitrogens with one attached hydrogen (secondary N) is 1. The van der Waals surface area contributed by atoms with E-state index >= 15 is 0 Å². The second-order valence-corrected chi connectivity index (χ2v) is 5.95. The zero-order chi connectivity index (χ0) is 15.0. The fraction of sp³-hybridized carbons (Fsp3) is 0.533. The summed E-state index contributed by atoms with van der Waals surface area (Å²) in [5.74, 6) is 0.481. The highest BCUT2D eigenvalue weighted by atomic mass is 16.2. The zero-order valence-electron chi connectivity index (χ0n) is 12.4. The van der Waals surface area contributed by atoms with Crippen molar-refractivity contribution in [2.75, 3.05) is 6.54 Å². The summed E-state index contributed by atoms with van der Waals surface area (Å²) < 4.78 is 0. The first-order valence-corrected chi connectivity index (χ1v) is 7.42. The van der Waals surface area contributed by atoms with Crippen molar-refractivity contribution >= 4 is 16.9 Å². The summed E-state index contributed by atoms with van der Waals surface area (Å²) in [5, 5.41) is 0.780. The number of carbonyl (C=O) groups is 1. The minimum absolute atomic E-state index is 0.0162. The maximum absolute atomic E-state index is 12.9. The predicted molar refractivity (Wildman–Crippen MR) is 80.8 cm³/mol. The normalized spacial score (nSPS) is 26.2. The molecule has 0 radical (unpaired) electrons. The maximum atomic E-state index is 12.9. The van der Waals surface area contributed by atoms with E-state index in [0.717, 1.165) is 18.2 Å². The molecule has 1 saturated heterocycles. The summed E-state index contributed by atoms with van der Waals surface area (Å²) in [5.41, 5.74) is 6.97. The van der Waals surface area contributed by atoms with Gasteiger partial charge in [-0.3, -0.25) is 4.79 Å². The molecule has 6 heteroatoms. The number of nitrogens with two attached hydrogens (primary N) is 1. The monoisotopic (exact) mass is 287 g/mol. The zero-order valence-corrected chi connectivity index (χ0v) is 12.4. The first kappa shape index (κ1) is 14.0. The Morgan fingerprint density at radius 3 is 2.76 bits per heavy atom. The lowest BCUT2D eigenvalue weighted by Crippen LogP contribution is -2.51. The van der Waals surface area contributed by atoms with Crippen LogP contribution in [0.4, 0.5) is 0 Å². The molecule has 1 amide bonds. The van der Waals surface area contributed by atoms with Crippen molar-refractivity contribution in [2.45, 2.75) is 38.8 Å².